The van der Waals surface area contributed by atoms with Crippen LogP contribution in [0.3, 0.4) is 0 Å². The van der Waals surface area contributed by atoms with Crippen molar-refractivity contribution in [2.75, 3.05) is 17.7 Å². The smallest absolute Gasteiger partial charge is 0.239 e. The van der Waals surface area contributed by atoms with Crippen molar-refractivity contribution in [2.45, 2.75) is 45.3 Å². The molecule has 0 bridgehead atoms. The van der Waals surface area contributed by atoms with E-state index in [1.54, 1.807) is 0 Å². The number of nitrogens with zero attached hydrogens (tertiary/aromatic N) is 2. The number of hydrogen-bond donors (Lipinski definition) is 1. The van der Waals surface area contributed by atoms with Crippen molar-refractivity contribution in [3.63, 3.8) is 0 Å². The number of aromatic nitrogens is 2. The predicted octanol–water partition coefficient (Wildman–Crippen LogP) is 4.20. The topological polar surface area (TPSA) is 77.2 Å². The first-order valence-electron chi connectivity index (χ1n) is 8.28. The van der Waals surface area contributed by atoms with E-state index in [0.29, 0.717) is 29.8 Å². The van der Waals surface area contributed by atoms with Gasteiger partial charge in [-0.05, 0) is 26.0 Å². The van der Waals surface area contributed by atoms with E-state index >= 15 is 0 Å². The number of benzene rings is 1. The zero-order chi connectivity index (χ0) is 18.4. The monoisotopic (exact) mass is 363 g/mol. The Morgan fingerprint density at radius 3 is 2.72 bits per heavy atom. The van der Waals surface area contributed by atoms with E-state index < -0.39 is 0 Å². The third kappa shape index (κ3) is 5.49. The van der Waals surface area contributed by atoms with Gasteiger partial charge in [0.1, 0.15) is 5.75 Å². The molecule has 0 saturated heterocycles. The van der Waals surface area contributed by atoms with E-state index in [4.69, 9.17) is 9.26 Å². The molecule has 0 spiro atoms. The fourth-order valence-electron chi connectivity index (χ4n) is 2.01. The lowest BCUT2D eigenvalue weighted by atomic mass is 9.96. The van der Waals surface area contributed by atoms with Crippen LogP contribution in [-0.2, 0) is 10.2 Å². The summed E-state index contributed by atoms with van der Waals surface area (Å²) in [5.41, 5.74) is 0.516. The Morgan fingerprint density at radius 2 is 2.08 bits per heavy atom. The molecule has 136 valence electrons. The highest BCUT2D eigenvalue weighted by molar-refractivity contribution is 8.00. The molecular weight excluding hydrogens is 338 g/mol. The number of carbonyl (C=O) groups excluding carboxylic acids is 1. The first-order chi connectivity index (χ1) is 11.8. The molecule has 0 radical (unpaired) electrons. The van der Waals surface area contributed by atoms with E-state index in [1.807, 2.05) is 58.9 Å². The summed E-state index contributed by atoms with van der Waals surface area (Å²) in [6.07, 6.45) is 0. The summed E-state index contributed by atoms with van der Waals surface area (Å²) in [6, 6.07) is 7.40. The van der Waals surface area contributed by atoms with E-state index in [-0.39, 0.29) is 22.3 Å². The van der Waals surface area contributed by atoms with E-state index in [2.05, 4.69) is 15.5 Å². The fourth-order valence-corrected chi connectivity index (χ4v) is 2.73. The average molecular weight is 363 g/mol. The van der Waals surface area contributed by atoms with Crippen LogP contribution in [0.15, 0.2) is 28.8 Å². The molecule has 1 atom stereocenters. The molecular formula is C18H25N3O3S. The maximum absolute atomic E-state index is 12.2. The summed E-state index contributed by atoms with van der Waals surface area (Å²) < 4.78 is 10.8. The molecule has 1 unspecified atom stereocenters. The number of hydrogen-bond acceptors (Lipinski definition) is 6. The Hall–Kier alpha value is -2.02. The second kappa shape index (κ2) is 8.38. The minimum Gasteiger partial charge on any atom is -0.492 e. The van der Waals surface area contributed by atoms with E-state index in [9.17, 15) is 4.79 Å². The highest BCUT2D eigenvalue weighted by Gasteiger charge is 2.23. The lowest BCUT2D eigenvalue weighted by molar-refractivity contribution is -0.113. The van der Waals surface area contributed by atoms with Gasteiger partial charge in [-0.2, -0.15) is 4.98 Å². The number of anilines is 1. The van der Waals surface area contributed by atoms with Crippen molar-refractivity contribution in [3.05, 3.63) is 36.0 Å². The number of rotatable bonds is 7. The fraction of sp³-hybridized carbons (Fsp3) is 0.500. The molecule has 1 heterocycles. The summed E-state index contributed by atoms with van der Waals surface area (Å²) in [4.78, 5) is 16.6. The minimum atomic E-state index is -0.160. The van der Waals surface area contributed by atoms with Gasteiger partial charge < -0.3 is 14.6 Å². The minimum absolute atomic E-state index is 0.0588. The molecule has 6 nitrogen and oxygen atoms in total. The first kappa shape index (κ1) is 19.3. The molecule has 1 N–H and O–H groups in total. The molecule has 25 heavy (non-hydrogen) atoms. The number of thioether (sulfide) groups is 1. The molecule has 2 aromatic rings. The molecule has 7 heteroatoms. The normalized spacial score (nSPS) is 12.7. The molecule has 1 aromatic heterocycles. The van der Waals surface area contributed by atoms with Gasteiger partial charge in [0.05, 0.1) is 23.3 Å². The summed E-state index contributed by atoms with van der Waals surface area (Å²) in [5.74, 6) is 2.07. The Bertz CT molecular complexity index is 710. The number of ether oxygens (including phenoxy) is 1. The Morgan fingerprint density at radius 1 is 1.36 bits per heavy atom. The first-order valence-corrected chi connectivity index (χ1v) is 9.33. The van der Waals surface area contributed by atoms with Crippen LogP contribution in [-0.4, -0.2) is 28.4 Å². The highest BCUT2D eigenvalue weighted by atomic mass is 32.2. The van der Waals surface area contributed by atoms with Crippen molar-refractivity contribution < 1.29 is 14.1 Å². The summed E-state index contributed by atoms with van der Waals surface area (Å²) in [5, 5.41) is 6.84. The van der Waals surface area contributed by atoms with Crippen LogP contribution >= 0.6 is 11.8 Å². The van der Waals surface area contributed by atoms with Gasteiger partial charge in [0.15, 0.2) is 5.82 Å². The molecule has 0 saturated carbocycles. The molecule has 0 aliphatic carbocycles. The van der Waals surface area contributed by atoms with Gasteiger partial charge in [0.2, 0.25) is 11.8 Å². The number of para-hydroxylation sites is 2. The van der Waals surface area contributed by atoms with Gasteiger partial charge in [-0.25, -0.2) is 0 Å². The number of carbonyl (C=O) groups is 1. The van der Waals surface area contributed by atoms with Crippen molar-refractivity contribution in [1.29, 1.82) is 0 Å². The van der Waals surface area contributed by atoms with Gasteiger partial charge in [-0.1, -0.05) is 38.1 Å². The van der Waals surface area contributed by atoms with Gasteiger partial charge >= 0.3 is 0 Å². The third-order valence-electron chi connectivity index (χ3n) is 3.39. The molecule has 0 aliphatic heterocycles. The average Bonchev–Trinajstić information content (AvgIpc) is 3.05. The number of amides is 1. The van der Waals surface area contributed by atoms with Crippen LogP contribution in [0.5, 0.6) is 5.75 Å². The zero-order valence-corrected chi connectivity index (χ0v) is 16.1. The van der Waals surface area contributed by atoms with Crippen LogP contribution in [0.1, 0.15) is 51.6 Å². The second-order valence-electron chi connectivity index (χ2n) is 6.64. The standard InChI is InChI=1S/C18H25N3O3S/c1-6-23-14-10-8-7-9-13(14)19-15(22)11-25-12(2)16-20-17(21-24-16)18(3,4)5/h7-10,12H,6,11H2,1-5H3,(H,19,22). The Labute approximate surface area is 152 Å². The third-order valence-corrected chi connectivity index (χ3v) is 4.52. The van der Waals surface area contributed by atoms with E-state index in [0.717, 1.165) is 0 Å². The van der Waals surface area contributed by atoms with Crippen LogP contribution < -0.4 is 10.1 Å². The molecule has 0 aliphatic rings. The second-order valence-corrected chi connectivity index (χ2v) is 7.97. The Kier molecular flexibility index (Phi) is 6.47. The zero-order valence-electron chi connectivity index (χ0n) is 15.3. The van der Waals surface area contributed by atoms with Gasteiger partial charge in [-0.3, -0.25) is 4.79 Å². The molecule has 2 rings (SSSR count). The SMILES string of the molecule is CCOc1ccccc1NC(=O)CSC(C)c1nc(C(C)(C)C)no1. The maximum atomic E-state index is 12.2. The van der Waals surface area contributed by atoms with E-state index in [1.165, 1.54) is 11.8 Å². The lowest BCUT2D eigenvalue weighted by Crippen LogP contribution is -2.16. The van der Waals surface area contributed by atoms with Crippen molar-refractivity contribution in [2.24, 2.45) is 0 Å². The largest absolute Gasteiger partial charge is 0.492 e. The van der Waals surface area contributed by atoms with Crippen molar-refractivity contribution >= 4 is 23.4 Å². The van der Waals surface area contributed by atoms with Crippen molar-refractivity contribution in [1.82, 2.24) is 10.1 Å². The summed E-state index contributed by atoms with van der Waals surface area (Å²) in [6.45, 7) is 10.5. The van der Waals surface area contributed by atoms with Crippen LogP contribution in [0.4, 0.5) is 5.69 Å². The maximum Gasteiger partial charge on any atom is 0.239 e. The van der Waals surface area contributed by atoms with Gasteiger partial charge in [0.25, 0.3) is 0 Å². The molecule has 1 amide bonds. The van der Waals surface area contributed by atoms with Gasteiger partial charge in [0, 0.05) is 5.41 Å². The molecule has 1 aromatic carbocycles. The quantitative estimate of drug-likeness (QED) is 0.794. The van der Waals surface area contributed by atoms with Gasteiger partial charge in [-0.15, -0.1) is 11.8 Å². The number of nitrogens with one attached hydrogen (secondary N) is 1. The van der Waals surface area contributed by atoms with Crippen LogP contribution in [0.25, 0.3) is 0 Å². The van der Waals surface area contributed by atoms with Crippen molar-refractivity contribution in [3.8, 4) is 5.75 Å². The lowest BCUT2D eigenvalue weighted by Gasteiger charge is -2.12. The summed E-state index contributed by atoms with van der Waals surface area (Å²) >= 11 is 1.45. The predicted molar refractivity (Wildman–Crippen MR) is 100 cm³/mol. The van der Waals surface area contributed by atoms with Crippen LogP contribution in [0, 0.1) is 0 Å². The van der Waals surface area contributed by atoms with Crippen LogP contribution in [0.2, 0.25) is 0 Å². The summed E-state index contributed by atoms with van der Waals surface area (Å²) in [7, 11) is 0. The Balaban J connectivity index is 1.90. The molecule has 0 fully saturated rings. The highest BCUT2D eigenvalue weighted by Crippen LogP contribution is 2.29.